The van der Waals surface area contributed by atoms with Gasteiger partial charge in [0, 0.05) is 36.9 Å². The van der Waals surface area contributed by atoms with Gasteiger partial charge in [0.25, 0.3) is 0 Å². The molecular formula is C25H28FN5O4S. The Labute approximate surface area is 212 Å². The van der Waals surface area contributed by atoms with Crippen molar-refractivity contribution in [1.29, 1.82) is 0 Å². The normalized spacial score (nSPS) is 26.2. The number of hydrogen-bond donors (Lipinski definition) is 3. The van der Waals surface area contributed by atoms with Crippen molar-refractivity contribution in [2.45, 2.75) is 31.9 Å². The van der Waals surface area contributed by atoms with E-state index < -0.39 is 23.5 Å². The van der Waals surface area contributed by atoms with Gasteiger partial charge in [-0.3, -0.25) is 14.7 Å². The quantitative estimate of drug-likeness (QED) is 0.504. The molecule has 3 N–H and O–H groups in total. The first-order valence-electron chi connectivity index (χ1n) is 11.9. The molecular weight excluding hydrogens is 485 g/mol. The van der Waals surface area contributed by atoms with Gasteiger partial charge in [-0.15, -0.1) is 11.3 Å². The number of benzene rings is 1. The number of rotatable bonds is 6. The van der Waals surface area contributed by atoms with Gasteiger partial charge < -0.3 is 20.5 Å². The fraction of sp³-hybridized carbons (Fsp3) is 0.440. The number of halogens is 1. The topological polar surface area (TPSA) is 116 Å². The van der Waals surface area contributed by atoms with Crippen LogP contribution in [-0.4, -0.2) is 71.1 Å². The second-order valence-corrected chi connectivity index (χ2v) is 10.2. The summed E-state index contributed by atoms with van der Waals surface area (Å²) in [5, 5.41) is 19.6. The van der Waals surface area contributed by atoms with E-state index in [1.165, 1.54) is 17.4 Å². The van der Waals surface area contributed by atoms with Crippen LogP contribution >= 0.6 is 11.3 Å². The van der Waals surface area contributed by atoms with Crippen LogP contribution in [0.15, 0.2) is 46.0 Å². The van der Waals surface area contributed by atoms with Gasteiger partial charge >= 0.3 is 5.97 Å². The second-order valence-electron chi connectivity index (χ2n) is 9.28. The number of aromatic nitrogens is 1. The maximum Gasteiger partial charge on any atom is 0.338 e. The molecule has 0 aliphatic carbocycles. The van der Waals surface area contributed by atoms with E-state index in [4.69, 9.17) is 9.73 Å². The maximum atomic E-state index is 14.6. The molecule has 0 saturated carbocycles. The van der Waals surface area contributed by atoms with Crippen molar-refractivity contribution in [2.75, 3.05) is 32.8 Å². The molecule has 1 amide bonds. The van der Waals surface area contributed by atoms with Crippen LogP contribution in [-0.2, 0) is 14.3 Å². The monoisotopic (exact) mass is 513 g/mol. The smallest absolute Gasteiger partial charge is 0.338 e. The number of likely N-dealkylation sites (tertiary alicyclic amines) is 1. The van der Waals surface area contributed by atoms with Crippen molar-refractivity contribution >= 4 is 29.0 Å². The molecule has 2 aromatic rings. The Kier molecular flexibility index (Phi) is 6.62. The summed E-state index contributed by atoms with van der Waals surface area (Å²) in [5.41, 5.74) is 0.647. The van der Waals surface area contributed by atoms with Gasteiger partial charge in [-0.1, -0.05) is 12.1 Å². The van der Waals surface area contributed by atoms with E-state index in [-0.39, 0.29) is 38.0 Å². The largest absolute Gasteiger partial charge is 0.463 e. The number of nitrogens with one attached hydrogen (secondary N) is 2. The number of carbonyl (C=O) groups excluding carboxylic acids is 2. The summed E-state index contributed by atoms with van der Waals surface area (Å²) in [6.45, 7) is 4.88. The van der Waals surface area contributed by atoms with Gasteiger partial charge in [-0.25, -0.2) is 14.2 Å². The van der Waals surface area contributed by atoms with Crippen LogP contribution in [0.25, 0.3) is 0 Å². The number of piperidine rings is 1. The molecule has 4 heterocycles. The number of nitrogens with zero attached hydrogens (tertiary/aromatic N) is 3. The van der Waals surface area contributed by atoms with E-state index in [1.807, 2.05) is 10.3 Å². The molecule has 0 radical (unpaired) electrons. The Balaban J connectivity index is 1.56. The third-order valence-corrected chi connectivity index (χ3v) is 7.79. The van der Waals surface area contributed by atoms with Crippen LogP contribution < -0.4 is 10.6 Å². The standard InChI is InChI=1S/C25H28FN5O4S/c1-3-35-24(33)19-18(11-31-9-7-16-22(32)28-12-25(16,34)13-31)29-21(23-27-8-10-36-23)30-20(19)15-5-4-6-17(26)14(15)2/h4-6,8,10,16,20,34H,3,7,9,11-13H2,1-2H3,(H,28,32)(H,29,30)/t16-,20+,25+/m1/s1. The summed E-state index contributed by atoms with van der Waals surface area (Å²) < 4.78 is 20.0. The number of amidine groups is 1. The Morgan fingerprint density at radius 1 is 1.42 bits per heavy atom. The predicted molar refractivity (Wildman–Crippen MR) is 132 cm³/mol. The van der Waals surface area contributed by atoms with E-state index in [9.17, 15) is 19.1 Å². The van der Waals surface area contributed by atoms with Crippen LogP contribution in [0.5, 0.6) is 0 Å². The van der Waals surface area contributed by atoms with E-state index in [0.29, 0.717) is 46.2 Å². The fourth-order valence-electron chi connectivity index (χ4n) is 5.20. The number of aliphatic imine (C=N–C) groups is 1. The molecule has 1 aromatic carbocycles. The molecule has 3 aliphatic heterocycles. The molecule has 1 aromatic heterocycles. The zero-order valence-corrected chi connectivity index (χ0v) is 20.9. The third-order valence-electron chi connectivity index (χ3n) is 7.01. The lowest BCUT2D eigenvalue weighted by atomic mass is 9.83. The Hall–Kier alpha value is -3.15. The number of carbonyl (C=O) groups is 2. The molecule has 2 saturated heterocycles. The first-order valence-corrected chi connectivity index (χ1v) is 12.8. The molecule has 0 bridgehead atoms. The van der Waals surface area contributed by atoms with E-state index in [0.717, 1.165) is 0 Å². The molecule has 3 aliphatic rings. The Bertz CT molecular complexity index is 1250. The summed E-state index contributed by atoms with van der Waals surface area (Å²) >= 11 is 1.40. The van der Waals surface area contributed by atoms with Crippen LogP contribution in [0.3, 0.4) is 0 Å². The number of aliphatic hydroxyl groups is 1. The zero-order chi connectivity index (χ0) is 25.4. The Morgan fingerprint density at radius 3 is 3.00 bits per heavy atom. The van der Waals surface area contributed by atoms with Gasteiger partial charge in [0.2, 0.25) is 5.91 Å². The summed E-state index contributed by atoms with van der Waals surface area (Å²) in [4.78, 5) is 36.6. The van der Waals surface area contributed by atoms with Crippen molar-refractivity contribution in [3.05, 3.63) is 63.0 Å². The summed E-state index contributed by atoms with van der Waals surface area (Å²) in [6, 6.07) is 3.94. The number of ether oxygens (including phenoxy) is 1. The SMILES string of the molecule is CCOC(=O)C1=C(CN2CC[C@@H]3C(=O)NC[C@]3(O)C2)NC(c2nccs2)=N[C@H]1c1cccc(F)c1C. The van der Waals surface area contributed by atoms with Gasteiger partial charge in [-0.2, -0.15) is 0 Å². The average Bonchev–Trinajstić information content (AvgIpc) is 3.49. The summed E-state index contributed by atoms with van der Waals surface area (Å²) in [6.07, 6.45) is 2.17. The minimum Gasteiger partial charge on any atom is -0.463 e. The molecule has 11 heteroatoms. The third kappa shape index (κ3) is 4.42. The van der Waals surface area contributed by atoms with Crippen LogP contribution in [0.2, 0.25) is 0 Å². The van der Waals surface area contributed by atoms with Crippen LogP contribution in [0.4, 0.5) is 4.39 Å². The number of β-amino-alcohol motifs (C(OH)–C–C–N with tert-alkyl or cyclic N) is 1. The molecule has 2 fully saturated rings. The lowest BCUT2D eigenvalue weighted by molar-refractivity contribution is -0.139. The maximum absolute atomic E-state index is 14.6. The molecule has 0 unspecified atom stereocenters. The van der Waals surface area contributed by atoms with Crippen molar-refractivity contribution in [2.24, 2.45) is 10.9 Å². The minimum atomic E-state index is -1.17. The van der Waals surface area contributed by atoms with Crippen LogP contribution in [0, 0.1) is 18.7 Å². The number of amides is 1. The molecule has 9 nitrogen and oxygen atoms in total. The highest BCUT2D eigenvalue weighted by atomic mass is 32.1. The first-order chi connectivity index (χ1) is 17.3. The minimum absolute atomic E-state index is 0.126. The highest BCUT2D eigenvalue weighted by molar-refractivity contribution is 7.11. The lowest BCUT2D eigenvalue weighted by Crippen LogP contribution is -2.55. The average molecular weight is 514 g/mol. The molecule has 36 heavy (non-hydrogen) atoms. The fourth-order valence-corrected chi connectivity index (χ4v) is 5.78. The zero-order valence-electron chi connectivity index (χ0n) is 20.1. The first kappa shape index (κ1) is 24.5. The lowest BCUT2D eigenvalue weighted by Gasteiger charge is -2.40. The van der Waals surface area contributed by atoms with E-state index >= 15 is 0 Å². The van der Waals surface area contributed by atoms with Gasteiger partial charge in [0.15, 0.2) is 10.8 Å². The van der Waals surface area contributed by atoms with Gasteiger partial charge in [-0.05, 0) is 44.0 Å². The molecule has 5 rings (SSSR count). The van der Waals surface area contributed by atoms with E-state index in [2.05, 4.69) is 15.6 Å². The summed E-state index contributed by atoms with van der Waals surface area (Å²) in [5.74, 6) is -1.01. The van der Waals surface area contributed by atoms with E-state index in [1.54, 1.807) is 32.2 Å². The molecule has 0 spiro atoms. The van der Waals surface area contributed by atoms with Crippen molar-refractivity contribution in [3.8, 4) is 0 Å². The molecule has 3 atom stereocenters. The molecule has 190 valence electrons. The van der Waals surface area contributed by atoms with Gasteiger partial charge in [0.05, 0.1) is 18.1 Å². The number of thiazole rings is 1. The highest BCUT2D eigenvalue weighted by Crippen LogP contribution is 2.37. The van der Waals surface area contributed by atoms with Gasteiger partial charge in [0.1, 0.15) is 17.5 Å². The van der Waals surface area contributed by atoms with Crippen molar-refractivity contribution in [3.63, 3.8) is 0 Å². The number of hydrogen-bond acceptors (Lipinski definition) is 9. The number of esters is 1. The second kappa shape index (κ2) is 9.72. The Morgan fingerprint density at radius 2 is 2.25 bits per heavy atom. The summed E-state index contributed by atoms with van der Waals surface area (Å²) in [7, 11) is 0. The highest BCUT2D eigenvalue weighted by Gasteiger charge is 2.50. The number of fused-ring (bicyclic) bond motifs is 1. The predicted octanol–water partition coefficient (Wildman–Crippen LogP) is 1.68. The van der Waals surface area contributed by atoms with Crippen molar-refractivity contribution in [1.82, 2.24) is 20.5 Å². The van der Waals surface area contributed by atoms with Crippen molar-refractivity contribution < 1.29 is 23.8 Å². The van der Waals surface area contributed by atoms with Crippen LogP contribution in [0.1, 0.15) is 35.5 Å².